The summed E-state index contributed by atoms with van der Waals surface area (Å²) in [6.07, 6.45) is 1.48. The first-order chi connectivity index (χ1) is 3.41. The second-order valence-electron chi connectivity index (χ2n) is 0.841. The van der Waals surface area contributed by atoms with Crippen LogP contribution in [0.3, 0.4) is 0 Å². The maximum absolute atomic E-state index is 4.36. The van der Waals surface area contributed by atoms with Crippen LogP contribution in [0.2, 0.25) is 0 Å². The Morgan fingerprint density at radius 2 is 2.57 bits per heavy atom. The topological polar surface area (TPSA) is 30.8 Å². The van der Waals surface area contributed by atoms with E-state index in [0.29, 0.717) is 6.61 Å². The van der Waals surface area contributed by atoms with E-state index in [1.165, 1.54) is 13.3 Å². The van der Waals surface area contributed by atoms with Crippen LogP contribution < -0.4 is 0 Å². The maximum Gasteiger partial charge on any atom is 0.106 e. The van der Waals surface area contributed by atoms with Crippen molar-refractivity contribution in [3.63, 3.8) is 0 Å². The molecule has 0 aliphatic carbocycles. The monoisotopic (exact) mass is 102 g/mol. The summed E-state index contributed by atoms with van der Waals surface area (Å²) < 4.78 is 4.36. The van der Waals surface area contributed by atoms with Crippen molar-refractivity contribution < 1.29 is 9.57 Å². The molecule has 0 N–H and O–H groups in total. The SMILES string of the molecule is [CH2]OCC=NOC. The van der Waals surface area contributed by atoms with Crippen LogP contribution in [0.15, 0.2) is 5.16 Å². The lowest BCUT2D eigenvalue weighted by atomic mass is 10.8. The van der Waals surface area contributed by atoms with Crippen LogP contribution in [-0.4, -0.2) is 19.9 Å². The van der Waals surface area contributed by atoms with Crippen molar-refractivity contribution in [2.75, 3.05) is 13.7 Å². The number of hydrogen-bond acceptors (Lipinski definition) is 3. The molecular weight excluding hydrogens is 94.0 g/mol. The smallest absolute Gasteiger partial charge is 0.106 e. The Bertz CT molecular complexity index is 53.7. The van der Waals surface area contributed by atoms with E-state index < -0.39 is 0 Å². The molecule has 0 atom stereocenters. The highest BCUT2D eigenvalue weighted by Crippen LogP contribution is 1.65. The molecule has 0 heterocycles. The molecular formula is C4H8NO2. The lowest BCUT2D eigenvalue weighted by Crippen LogP contribution is -1.85. The first-order valence-electron chi connectivity index (χ1n) is 1.83. The Kier molecular flexibility index (Phi) is 4.99. The van der Waals surface area contributed by atoms with Gasteiger partial charge in [-0.05, 0) is 0 Å². The van der Waals surface area contributed by atoms with Gasteiger partial charge in [0, 0.05) is 0 Å². The summed E-state index contributed by atoms with van der Waals surface area (Å²) in [5, 5.41) is 3.37. The quantitative estimate of drug-likeness (QED) is 0.382. The predicted molar refractivity (Wildman–Crippen MR) is 26.8 cm³/mol. The van der Waals surface area contributed by atoms with Crippen molar-refractivity contribution in [2.24, 2.45) is 5.16 Å². The molecule has 1 radical (unpaired) electrons. The molecule has 0 aliphatic rings. The molecule has 3 nitrogen and oxygen atoms in total. The van der Waals surface area contributed by atoms with Crippen molar-refractivity contribution in [1.29, 1.82) is 0 Å². The van der Waals surface area contributed by atoms with Crippen molar-refractivity contribution >= 4 is 6.21 Å². The summed E-state index contributed by atoms with van der Waals surface area (Å²) in [5.41, 5.74) is 0. The number of nitrogens with zero attached hydrogens (tertiary/aromatic N) is 1. The van der Waals surface area contributed by atoms with E-state index >= 15 is 0 Å². The standard InChI is InChI=1S/C4H8NO2/c1-6-4-3-5-7-2/h3H,1,4H2,2H3. The summed E-state index contributed by atoms with van der Waals surface area (Å²) in [7, 11) is 4.58. The van der Waals surface area contributed by atoms with Gasteiger partial charge in [0.2, 0.25) is 0 Å². The molecule has 0 spiro atoms. The van der Waals surface area contributed by atoms with Gasteiger partial charge in [0.1, 0.15) is 7.11 Å². The molecule has 0 aromatic heterocycles. The van der Waals surface area contributed by atoms with Gasteiger partial charge in [0.05, 0.1) is 19.9 Å². The summed E-state index contributed by atoms with van der Waals surface area (Å²) in [5.74, 6) is 0. The molecule has 0 bridgehead atoms. The Morgan fingerprint density at radius 1 is 1.86 bits per heavy atom. The van der Waals surface area contributed by atoms with E-state index in [2.05, 4.69) is 21.8 Å². The van der Waals surface area contributed by atoms with E-state index in [1.807, 2.05) is 0 Å². The Labute approximate surface area is 42.9 Å². The molecule has 0 aromatic rings. The second kappa shape index (κ2) is 5.43. The van der Waals surface area contributed by atoms with Crippen LogP contribution in [0.1, 0.15) is 0 Å². The fourth-order valence-corrected chi connectivity index (χ4v) is 0.158. The van der Waals surface area contributed by atoms with Gasteiger partial charge >= 0.3 is 0 Å². The predicted octanol–water partition coefficient (Wildman–Crippen LogP) is 0.427. The maximum atomic E-state index is 4.36. The molecule has 0 saturated carbocycles. The Morgan fingerprint density at radius 3 is 3.00 bits per heavy atom. The third kappa shape index (κ3) is 5.43. The largest absolute Gasteiger partial charge is 0.399 e. The fourth-order valence-electron chi connectivity index (χ4n) is 0.158. The van der Waals surface area contributed by atoms with E-state index in [1.54, 1.807) is 0 Å². The molecule has 0 saturated heterocycles. The van der Waals surface area contributed by atoms with Crippen LogP contribution in [0.4, 0.5) is 0 Å². The van der Waals surface area contributed by atoms with Gasteiger partial charge < -0.3 is 9.57 Å². The molecule has 0 unspecified atom stereocenters. The van der Waals surface area contributed by atoms with Gasteiger partial charge in [-0.25, -0.2) is 0 Å². The minimum absolute atomic E-state index is 0.397. The van der Waals surface area contributed by atoms with Crippen LogP contribution in [0, 0.1) is 7.11 Å². The number of ether oxygens (including phenoxy) is 1. The summed E-state index contributed by atoms with van der Waals surface area (Å²) in [6.45, 7) is 0.397. The number of oxime groups is 1. The van der Waals surface area contributed by atoms with Gasteiger partial charge in [-0.2, -0.15) is 0 Å². The average Bonchev–Trinajstić information content (AvgIpc) is 1.69. The van der Waals surface area contributed by atoms with Crippen LogP contribution >= 0.6 is 0 Å². The molecule has 0 fully saturated rings. The minimum atomic E-state index is 0.397. The first-order valence-corrected chi connectivity index (χ1v) is 1.83. The highest BCUT2D eigenvalue weighted by atomic mass is 16.6. The summed E-state index contributed by atoms with van der Waals surface area (Å²) >= 11 is 0. The van der Waals surface area contributed by atoms with Crippen LogP contribution in [0.5, 0.6) is 0 Å². The van der Waals surface area contributed by atoms with Crippen LogP contribution in [-0.2, 0) is 9.57 Å². The zero-order chi connectivity index (χ0) is 5.54. The van der Waals surface area contributed by atoms with Gasteiger partial charge in [-0.15, -0.1) is 0 Å². The molecule has 0 aliphatic heterocycles. The van der Waals surface area contributed by atoms with Gasteiger partial charge in [0.25, 0.3) is 0 Å². The van der Waals surface area contributed by atoms with Crippen LogP contribution in [0.25, 0.3) is 0 Å². The zero-order valence-electron chi connectivity index (χ0n) is 4.26. The van der Waals surface area contributed by atoms with Gasteiger partial charge in [-0.3, -0.25) is 0 Å². The summed E-state index contributed by atoms with van der Waals surface area (Å²) in [6, 6.07) is 0. The highest BCUT2D eigenvalue weighted by molar-refractivity contribution is 5.57. The molecule has 7 heavy (non-hydrogen) atoms. The lowest BCUT2D eigenvalue weighted by Gasteiger charge is -1.84. The summed E-state index contributed by atoms with van der Waals surface area (Å²) in [4.78, 5) is 4.31. The van der Waals surface area contributed by atoms with Gasteiger partial charge in [0.15, 0.2) is 0 Å². The lowest BCUT2D eigenvalue weighted by molar-refractivity contribution is 0.210. The number of rotatable bonds is 3. The van der Waals surface area contributed by atoms with Crippen molar-refractivity contribution in [3.05, 3.63) is 7.11 Å². The third-order valence-electron chi connectivity index (χ3n) is 0.372. The minimum Gasteiger partial charge on any atom is -0.399 e. The third-order valence-corrected chi connectivity index (χ3v) is 0.372. The molecule has 0 rings (SSSR count). The van der Waals surface area contributed by atoms with Gasteiger partial charge in [-0.1, -0.05) is 5.16 Å². The Hall–Kier alpha value is -0.570. The molecule has 3 heteroatoms. The van der Waals surface area contributed by atoms with E-state index in [0.717, 1.165) is 0 Å². The normalized spacial score (nSPS) is 10.0. The van der Waals surface area contributed by atoms with Crippen molar-refractivity contribution in [3.8, 4) is 0 Å². The highest BCUT2D eigenvalue weighted by Gasteiger charge is 1.67. The molecule has 0 aromatic carbocycles. The van der Waals surface area contributed by atoms with E-state index in [4.69, 9.17) is 0 Å². The van der Waals surface area contributed by atoms with Crippen molar-refractivity contribution in [1.82, 2.24) is 0 Å². The average molecular weight is 102 g/mol. The molecule has 0 amide bonds. The number of hydrogen-bond donors (Lipinski definition) is 0. The fraction of sp³-hybridized carbons (Fsp3) is 0.500. The second-order valence-corrected chi connectivity index (χ2v) is 0.841. The van der Waals surface area contributed by atoms with E-state index in [-0.39, 0.29) is 0 Å². The zero-order valence-corrected chi connectivity index (χ0v) is 4.26. The first kappa shape index (κ1) is 6.43. The van der Waals surface area contributed by atoms with Crippen molar-refractivity contribution in [2.45, 2.75) is 0 Å². The molecule has 41 valence electrons. The Balaban J connectivity index is 2.78. The van der Waals surface area contributed by atoms with E-state index in [9.17, 15) is 0 Å².